The number of rotatable bonds is 13. The predicted molar refractivity (Wildman–Crippen MR) is 143 cm³/mol. The van der Waals surface area contributed by atoms with E-state index in [1.165, 1.54) is 0 Å². The fourth-order valence-corrected chi connectivity index (χ4v) is 4.34. The quantitative estimate of drug-likeness (QED) is 0.0901. The number of aliphatic hydroxyl groups is 3. The number of aliphatic hydroxyl groups excluding tert-OH is 3. The van der Waals surface area contributed by atoms with Crippen LogP contribution in [-0.2, 0) is 33.5 Å². The highest BCUT2D eigenvalue weighted by Crippen LogP contribution is 2.21. The van der Waals surface area contributed by atoms with E-state index in [2.05, 4.69) is 15.4 Å². The number of hydrogen-bond donors (Lipinski definition) is 8. The Bertz CT molecular complexity index is 1040. The first-order valence-corrected chi connectivity index (χ1v) is 13.3. The van der Waals surface area contributed by atoms with Crippen LogP contribution in [0.4, 0.5) is 0 Å². The van der Waals surface area contributed by atoms with Crippen LogP contribution in [0.25, 0.3) is 0 Å². The van der Waals surface area contributed by atoms with Crippen molar-refractivity contribution < 1.29 is 64.1 Å². The maximum atomic E-state index is 12.6. The summed E-state index contributed by atoms with van der Waals surface area (Å²) in [6.07, 6.45) is -3.13. The van der Waals surface area contributed by atoms with Crippen molar-refractivity contribution in [2.45, 2.75) is 12.2 Å². The zero-order valence-electron chi connectivity index (χ0n) is 23.4. The second-order valence-corrected chi connectivity index (χ2v) is 9.99. The van der Waals surface area contributed by atoms with Crippen LogP contribution in [0.3, 0.4) is 0 Å². The van der Waals surface area contributed by atoms with Crippen LogP contribution in [0.5, 0.6) is 0 Å². The highest BCUT2D eigenvalue weighted by Gasteiger charge is 2.39. The Balaban J connectivity index is 1.95. The van der Waals surface area contributed by atoms with Crippen LogP contribution < -0.4 is 10.6 Å². The molecule has 19 heteroatoms. The van der Waals surface area contributed by atoms with Gasteiger partial charge in [0.1, 0.15) is 6.10 Å². The second kappa shape index (κ2) is 17.2. The van der Waals surface area contributed by atoms with Crippen molar-refractivity contribution in [2.75, 3.05) is 91.6 Å². The van der Waals surface area contributed by atoms with Crippen molar-refractivity contribution in [2.24, 2.45) is 0 Å². The number of amides is 2. The molecule has 2 heterocycles. The van der Waals surface area contributed by atoms with Gasteiger partial charge in [0.15, 0.2) is 11.9 Å². The van der Waals surface area contributed by atoms with Crippen LogP contribution in [-0.4, -0.2) is 190 Å². The number of nitrogens with one attached hydrogen (secondary N) is 2. The standard InChI is InChI=1S/C24H38N6O13/c31-15(23-21(40)22(41)24(42)43-23)9-25-16(32)10-26-17(33)11-27-1-3-28(12-18(34)35)5-7-30(14-20(38)39)8-6-29(4-2-27)13-19(36)37/h15,23,31,40-41H,1-14H2,(H,25,32)(H,26,33)(H,34,35)(H,36,37)(H,38,39). The predicted octanol–water partition coefficient (Wildman–Crippen LogP) is -4.69. The fraction of sp³-hybridized carbons (Fsp3) is 0.667. The third kappa shape index (κ3) is 12.8. The van der Waals surface area contributed by atoms with Gasteiger partial charge in [-0.05, 0) is 0 Å². The molecule has 0 bridgehead atoms. The van der Waals surface area contributed by atoms with E-state index in [9.17, 15) is 59.4 Å². The molecule has 43 heavy (non-hydrogen) atoms. The van der Waals surface area contributed by atoms with Crippen LogP contribution in [0.1, 0.15) is 0 Å². The van der Waals surface area contributed by atoms with Crippen LogP contribution >= 0.6 is 0 Å². The van der Waals surface area contributed by atoms with Crippen LogP contribution in [0.15, 0.2) is 11.5 Å². The molecular formula is C24H38N6O13. The van der Waals surface area contributed by atoms with E-state index in [1.807, 2.05) is 0 Å². The highest BCUT2D eigenvalue weighted by atomic mass is 16.6. The molecule has 1 fully saturated rings. The van der Waals surface area contributed by atoms with Crippen molar-refractivity contribution in [3.05, 3.63) is 11.5 Å². The van der Waals surface area contributed by atoms with E-state index in [-0.39, 0.29) is 78.5 Å². The summed E-state index contributed by atoms with van der Waals surface area (Å²) in [5, 5.41) is 61.5. The van der Waals surface area contributed by atoms with Gasteiger partial charge in [0.25, 0.3) is 0 Å². The van der Waals surface area contributed by atoms with Crippen LogP contribution in [0.2, 0.25) is 0 Å². The number of carboxylic acids is 3. The lowest BCUT2D eigenvalue weighted by Crippen LogP contribution is -2.50. The summed E-state index contributed by atoms with van der Waals surface area (Å²) in [6.45, 7) is -0.364. The maximum absolute atomic E-state index is 12.6. The van der Waals surface area contributed by atoms with Gasteiger partial charge < -0.3 is 46.0 Å². The number of nitrogens with zero attached hydrogens (tertiary/aromatic N) is 4. The number of carboxylic acid groups (broad SMARTS) is 3. The molecule has 2 amide bonds. The number of ether oxygens (including phenoxy) is 1. The zero-order chi connectivity index (χ0) is 32.1. The SMILES string of the molecule is O=C(O)CN1CCN(CC(=O)O)CCN(CC(=O)NCC(=O)NCC(O)C2OC(=O)C(O)=C2O)CCN(CC(=O)O)CC1. The van der Waals surface area contributed by atoms with Gasteiger partial charge in [-0.1, -0.05) is 0 Å². The zero-order valence-corrected chi connectivity index (χ0v) is 23.4. The number of hydrogen-bond acceptors (Lipinski definition) is 14. The largest absolute Gasteiger partial charge is 0.505 e. The Labute approximate surface area is 245 Å². The van der Waals surface area contributed by atoms with E-state index >= 15 is 0 Å². The Morgan fingerprint density at radius 2 is 1.09 bits per heavy atom. The first-order chi connectivity index (χ1) is 20.2. The lowest BCUT2D eigenvalue weighted by atomic mass is 10.1. The van der Waals surface area contributed by atoms with Gasteiger partial charge in [-0.15, -0.1) is 0 Å². The molecule has 1 saturated heterocycles. The first-order valence-electron chi connectivity index (χ1n) is 13.3. The summed E-state index contributed by atoms with van der Waals surface area (Å²) < 4.78 is 4.60. The molecule has 2 aliphatic rings. The minimum Gasteiger partial charge on any atom is -0.505 e. The third-order valence-corrected chi connectivity index (χ3v) is 6.62. The van der Waals surface area contributed by atoms with Crippen molar-refractivity contribution in [1.82, 2.24) is 30.2 Å². The Morgan fingerprint density at radius 1 is 0.698 bits per heavy atom. The molecule has 8 N–H and O–H groups in total. The Kier molecular flexibility index (Phi) is 14.0. The molecule has 0 aliphatic carbocycles. The molecule has 2 atom stereocenters. The Hall–Kier alpha value is -4.04. The van der Waals surface area contributed by atoms with Crippen molar-refractivity contribution in [1.29, 1.82) is 0 Å². The molecule has 0 spiro atoms. The summed E-state index contributed by atoms with van der Waals surface area (Å²) in [5.41, 5.74) is 0. The molecule has 19 nitrogen and oxygen atoms in total. The average molecular weight is 619 g/mol. The molecule has 0 aromatic carbocycles. The summed E-state index contributed by atoms with van der Waals surface area (Å²) in [6, 6.07) is 0. The molecule has 0 saturated carbocycles. The van der Waals surface area contributed by atoms with Gasteiger partial charge >= 0.3 is 23.9 Å². The fourth-order valence-electron chi connectivity index (χ4n) is 4.34. The summed E-state index contributed by atoms with van der Waals surface area (Å²) >= 11 is 0. The van der Waals surface area contributed by atoms with Gasteiger partial charge in [-0.2, -0.15) is 0 Å². The van der Waals surface area contributed by atoms with E-state index in [4.69, 9.17) is 0 Å². The van der Waals surface area contributed by atoms with Crippen molar-refractivity contribution >= 4 is 35.7 Å². The number of aliphatic carboxylic acids is 3. The third-order valence-electron chi connectivity index (χ3n) is 6.62. The molecule has 0 radical (unpaired) electrons. The Morgan fingerprint density at radius 3 is 1.44 bits per heavy atom. The summed E-state index contributed by atoms with van der Waals surface area (Å²) in [5.74, 6) is -7.66. The summed E-state index contributed by atoms with van der Waals surface area (Å²) in [4.78, 5) is 76.6. The molecule has 2 rings (SSSR count). The molecule has 2 aliphatic heterocycles. The first kappa shape index (κ1) is 35.2. The lowest BCUT2D eigenvalue weighted by Gasteiger charge is -2.32. The van der Waals surface area contributed by atoms with E-state index in [0.29, 0.717) is 0 Å². The minimum absolute atomic E-state index is 0.209. The smallest absolute Gasteiger partial charge is 0.377 e. The van der Waals surface area contributed by atoms with Gasteiger partial charge in [-0.25, -0.2) is 4.79 Å². The highest BCUT2D eigenvalue weighted by molar-refractivity contribution is 5.89. The van der Waals surface area contributed by atoms with E-state index < -0.39 is 72.5 Å². The number of cyclic esters (lactones) is 1. The van der Waals surface area contributed by atoms with Gasteiger partial charge in [0.2, 0.25) is 17.6 Å². The number of esters is 1. The number of carbonyl (C=O) groups excluding carboxylic acids is 3. The molecule has 2 unspecified atom stereocenters. The molecule has 0 aromatic rings. The molecular weight excluding hydrogens is 580 g/mol. The average Bonchev–Trinajstić information content (AvgIpc) is 3.18. The van der Waals surface area contributed by atoms with Gasteiger partial charge in [0, 0.05) is 58.9 Å². The monoisotopic (exact) mass is 618 g/mol. The molecule has 242 valence electrons. The lowest BCUT2D eigenvalue weighted by molar-refractivity contribution is -0.146. The van der Waals surface area contributed by atoms with Crippen molar-refractivity contribution in [3.63, 3.8) is 0 Å². The topological polar surface area (TPSA) is 270 Å². The van der Waals surface area contributed by atoms with Gasteiger partial charge in [-0.3, -0.25) is 43.6 Å². The van der Waals surface area contributed by atoms with E-state index in [0.717, 1.165) is 0 Å². The van der Waals surface area contributed by atoms with E-state index in [1.54, 1.807) is 19.6 Å². The normalized spacial score (nSPS) is 20.9. The summed E-state index contributed by atoms with van der Waals surface area (Å²) in [7, 11) is 0. The maximum Gasteiger partial charge on any atom is 0.377 e. The molecule has 0 aromatic heterocycles. The van der Waals surface area contributed by atoms with Crippen molar-refractivity contribution in [3.8, 4) is 0 Å². The number of carbonyl (C=O) groups is 6. The second-order valence-electron chi connectivity index (χ2n) is 9.99. The minimum atomic E-state index is -1.57. The van der Waals surface area contributed by atoms with Gasteiger partial charge in [0.05, 0.1) is 32.7 Å². The van der Waals surface area contributed by atoms with Crippen LogP contribution in [0, 0.1) is 0 Å².